The van der Waals surface area contributed by atoms with E-state index in [1.165, 1.54) is 0 Å². The summed E-state index contributed by atoms with van der Waals surface area (Å²) in [4.78, 5) is 15.6. The van der Waals surface area contributed by atoms with Crippen molar-refractivity contribution in [2.45, 2.75) is 69.0 Å². The van der Waals surface area contributed by atoms with Gasteiger partial charge in [0.15, 0.2) is 8.32 Å². The molecule has 1 N–H and O–H groups in total. The van der Waals surface area contributed by atoms with E-state index in [-0.39, 0.29) is 28.4 Å². The lowest BCUT2D eigenvalue weighted by Gasteiger charge is -2.40. The fourth-order valence-corrected chi connectivity index (χ4v) is 5.75. The molecule has 164 valence electrons. The second-order valence-electron chi connectivity index (χ2n) is 9.75. The van der Waals surface area contributed by atoms with Gasteiger partial charge in [-0.2, -0.15) is 8.42 Å². The third-order valence-corrected chi connectivity index (χ3v) is 11.4. The predicted molar refractivity (Wildman–Crippen MR) is 121 cm³/mol. The summed E-state index contributed by atoms with van der Waals surface area (Å²) in [6.45, 7) is 10.3. The first-order chi connectivity index (χ1) is 13.9. The summed E-state index contributed by atoms with van der Waals surface area (Å²) in [5.41, 5.74) is 3.25. The van der Waals surface area contributed by atoms with E-state index in [1.807, 2.05) is 32.3 Å². The molecular formula is C23H33NO4SSi. The van der Waals surface area contributed by atoms with Gasteiger partial charge in [-0.1, -0.05) is 37.6 Å². The van der Waals surface area contributed by atoms with Crippen molar-refractivity contribution < 1.29 is 17.4 Å². The lowest BCUT2D eigenvalue weighted by molar-refractivity contribution is 0.220. The van der Waals surface area contributed by atoms with E-state index < -0.39 is 18.4 Å². The maximum atomic E-state index is 12.6. The van der Waals surface area contributed by atoms with Gasteiger partial charge in [0, 0.05) is 17.8 Å². The molecule has 0 aliphatic heterocycles. The molecule has 2 aromatic rings. The van der Waals surface area contributed by atoms with E-state index in [2.05, 4.69) is 24.9 Å². The van der Waals surface area contributed by atoms with Crippen LogP contribution in [-0.4, -0.2) is 33.1 Å². The van der Waals surface area contributed by atoms with Gasteiger partial charge in [-0.05, 0) is 74.0 Å². The van der Waals surface area contributed by atoms with Crippen LogP contribution in [-0.2, 0) is 20.7 Å². The van der Waals surface area contributed by atoms with Crippen LogP contribution in [0.25, 0.3) is 0 Å². The zero-order valence-electron chi connectivity index (χ0n) is 18.6. The number of pyridine rings is 1. The minimum absolute atomic E-state index is 0.0891. The molecule has 0 radical (unpaired) electrons. The molecule has 0 fully saturated rings. The van der Waals surface area contributed by atoms with E-state index in [0.717, 1.165) is 36.1 Å². The third kappa shape index (κ3) is 5.19. The fraction of sp³-hybridized carbons (Fsp3) is 0.522. The van der Waals surface area contributed by atoms with Gasteiger partial charge in [-0.3, -0.25) is 9.17 Å². The predicted octanol–water partition coefficient (Wildman–Crippen LogP) is 4.81. The topological polar surface area (TPSA) is 76.5 Å². The van der Waals surface area contributed by atoms with Crippen LogP contribution in [0.15, 0.2) is 47.5 Å². The number of rotatable bonds is 7. The van der Waals surface area contributed by atoms with Gasteiger partial charge >= 0.3 is 0 Å². The summed E-state index contributed by atoms with van der Waals surface area (Å²) < 4.78 is 30.7. The van der Waals surface area contributed by atoms with Crippen LogP contribution in [0, 0.1) is 12.8 Å². The fourth-order valence-electron chi connectivity index (χ4n) is 4.03. The second kappa shape index (κ2) is 8.53. The van der Waals surface area contributed by atoms with E-state index in [1.54, 1.807) is 24.3 Å². The van der Waals surface area contributed by atoms with Crippen LogP contribution in [0.1, 0.15) is 49.4 Å². The van der Waals surface area contributed by atoms with Crippen LogP contribution >= 0.6 is 0 Å². The number of nitrogens with zero attached hydrogens (tertiary/aromatic N) is 1. The Morgan fingerprint density at radius 2 is 1.87 bits per heavy atom. The summed E-state index contributed by atoms with van der Waals surface area (Å²) in [5.74, 6) is 0.269. The van der Waals surface area contributed by atoms with Crippen molar-refractivity contribution in [2.75, 3.05) is 6.61 Å². The Morgan fingerprint density at radius 1 is 1.20 bits per heavy atom. The van der Waals surface area contributed by atoms with Gasteiger partial charge in [-0.15, -0.1) is 0 Å². The van der Waals surface area contributed by atoms with Gasteiger partial charge in [-0.25, -0.2) is 0 Å². The number of benzene rings is 1. The highest BCUT2D eigenvalue weighted by Crippen LogP contribution is 2.48. The molecule has 5 nitrogen and oxygen atoms in total. The molecule has 30 heavy (non-hydrogen) atoms. The molecule has 0 unspecified atom stereocenters. The molecular weight excluding hydrogens is 414 g/mol. The van der Waals surface area contributed by atoms with Crippen molar-refractivity contribution in [3.63, 3.8) is 0 Å². The van der Waals surface area contributed by atoms with Crippen molar-refractivity contribution in [3.8, 4) is 0 Å². The average molecular weight is 448 g/mol. The lowest BCUT2D eigenvalue weighted by atomic mass is 9.76. The van der Waals surface area contributed by atoms with E-state index >= 15 is 0 Å². The summed E-state index contributed by atoms with van der Waals surface area (Å²) in [7, 11) is -6.14. The maximum absolute atomic E-state index is 12.6. The van der Waals surface area contributed by atoms with Crippen LogP contribution in [0.2, 0.25) is 18.1 Å². The lowest BCUT2D eigenvalue weighted by Crippen LogP contribution is -2.40. The molecule has 1 heterocycles. The molecule has 1 aliphatic rings. The highest BCUT2D eigenvalue weighted by molar-refractivity contribution is 7.86. The largest absolute Gasteiger partial charge is 0.432 e. The zero-order chi connectivity index (χ0) is 22.2. The molecule has 3 rings (SSSR count). The Bertz CT molecular complexity index is 981. The summed E-state index contributed by atoms with van der Waals surface area (Å²) in [6, 6.07) is 10.7. The molecule has 1 aromatic carbocycles. The molecule has 0 saturated carbocycles. The molecule has 0 saturated heterocycles. The first kappa shape index (κ1) is 23.1. The summed E-state index contributed by atoms with van der Waals surface area (Å²) in [6.07, 6.45) is 4.21. The van der Waals surface area contributed by atoms with Crippen LogP contribution in [0.3, 0.4) is 0 Å². The standard InChI is InChI=1S/C23H33NO4SSi/c1-17-8-10-21(11-9-17)29(25,26)28-16-18-13-19-7-6-12-24-22(19)20(14-18)15-23(2,3)30(4,5)27/h6-12,18,20,27H,13-16H2,1-5H3/t18-,20-/m1/s1. The Kier molecular flexibility index (Phi) is 6.58. The van der Waals surface area contributed by atoms with Gasteiger partial charge in [0.1, 0.15) is 0 Å². The molecule has 0 amide bonds. The van der Waals surface area contributed by atoms with Gasteiger partial charge in [0.25, 0.3) is 10.1 Å². The van der Waals surface area contributed by atoms with Crippen molar-refractivity contribution in [2.24, 2.45) is 5.92 Å². The normalized spacial score (nSPS) is 20.1. The number of fused-ring (bicyclic) bond motifs is 1. The van der Waals surface area contributed by atoms with E-state index in [4.69, 9.17) is 4.18 Å². The van der Waals surface area contributed by atoms with Crippen molar-refractivity contribution in [1.29, 1.82) is 0 Å². The van der Waals surface area contributed by atoms with Crippen molar-refractivity contribution >= 4 is 18.4 Å². The number of hydrogen-bond acceptors (Lipinski definition) is 5. The Morgan fingerprint density at radius 3 is 2.50 bits per heavy atom. The first-order valence-electron chi connectivity index (χ1n) is 10.5. The Balaban J connectivity index is 1.76. The minimum Gasteiger partial charge on any atom is -0.432 e. The minimum atomic E-state index is -3.78. The molecule has 1 aromatic heterocycles. The molecule has 2 atom stereocenters. The van der Waals surface area contributed by atoms with Gasteiger partial charge in [0.05, 0.1) is 11.5 Å². The maximum Gasteiger partial charge on any atom is 0.296 e. The molecule has 0 spiro atoms. The molecule has 7 heteroatoms. The number of aryl methyl sites for hydroxylation is 1. The van der Waals surface area contributed by atoms with Crippen LogP contribution < -0.4 is 0 Å². The zero-order valence-corrected chi connectivity index (χ0v) is 20.4. The Hall–Kier alpha value is -1.54. The number of aromatic nitrogens is 1. The third-order valence-electron chi connectivity index (χ3n) is 6.62. The SMILES string of the molecule is Cc1ccc(S(=O)(=O)OC[C@@H]2Cc3cccnc3[C@@H](CC(C)(C)[Si](C)(C)O)C2)cc1. The summed E-state index contributed by atoms with van der Waals surface area (Å²) >= 11 is 0. The molecule has 0 bridgehead atoms. The van der Waals surface area contributed by atoms with E-state index in [9.17, 15) is 13.2 Å². The smallest absolute Gasteiger partial charge is 0.296 e. The van der Waals surface area contributed by atoms with Crippen LogP contribution in [0.5, 0.6) is 0 Å². The summed E-state index contributed by atoms with van der Waals surface area (Å²) in [5, 5.41) is -0.177. The van der Waals surface area contributed by atoms with Crippen molar-refractivity contribution in [3.05, 3.63) is 59.4 Å². The quantitative estimate of drug-likeness (QED) is 0.487. The highest BCUT2D eigenvalue weighted by atomic mass is 32.2. The van der Waals surface area contributed by atoms with E-state index in [0.29, 0.717) is 0 Å². The highest BCUT2D eigenvalue weighted by Gasteiger charge is 2.42. The number of hydrogen-bond donors (Lipinski definition) is 1. The average Bonchev–Trinajstić information content (AvgIpc) is 2.66. The molecule has 1 aliphatic carbocycles. The monoisotopic (exact) mass is 447 g/mol. The Labute approximate surface area is 181 Å². The van der Waals surface area contributed by atoms with Gasteiger partial charge in [0.2, 0.25) is 0 Å². The van der Waals surface area contributed by atoms with Crippen LogP contribution in [0.4, 0.5) is 0 Å². The second-order valence-corrected chi connectivity index (χ2v) is 15.8. The first-order valence-corrected chi connectivity index (χ1v) is 14.9. The van der Waals surface area contributed by atoms with Crippen molar-refractivity contribution in [1.82, 2.24) is 4.98 Å². The van der Waals surface area contributed by atoms with Gasteiger partial charge < -0.3 is 4.80 Å².